The standard InChI is InChI=1S/C11H18N4OS/c1-11(13,9(12)16)5-2-3-8-17-10-14-6-4-7-15-10/h4,6-7H,2-3,5,8,13H2,1H3,(H2,12,16). The molecule has 94 valence electrons. The van der Waals surface area contributed by atoms with E-state index in [-0.39, 0.29) is 0 Å². The van der Waals surface area contributed by atoms with Crippen molar-refractivity contribution >= 4 is 17.7 Å². The van der Waals surface area contributed by atoms with E-state index in [9.17, 15) is 4.79 Å². The molecule has 0 radical (unpaired) electrons. The lowest BCUT2D eigenvalue weighted by Crippen LogP contribution is -2.49. The number of amides is 1. The van der Waals surface area contributed by atoms with Gasteiger partial charge in [-0.1, -0.05) is 18.2 Å². The highest BCUT2D eigenvalue weighted by Gasteiger charge is 2.24. The Morgan fingerprint density at radius 3 is 2.65 bits per heavy atom. The number of thioether (sulfide) groups is 1. The largest absolute Gasteiger partial charge is 0.368 e. The molecule has 0 bridgehead atoms. The van der Waals surface area contributed by atoms with E-state index < -0.39 is 11.4 Å². The molecule has 0 fully saturated rings. The average Bonchev–Trinajstić information content (AvgIpc) is 2.29. The molecule has 0 spiro atoms. The smallest absolute Gasteiger partial charge is 0.237 e. The second-order valence-electron chi connectivity index (χ2n) is 4.12. The van der Waals surface area contributed by atoms with Crippen LogP contribution in [-0.4, -0.2) is 27.2 Å². The molecule has 0 aliphatic rings. The Kier molecular flexibility index (Phi) is 5.37. The molecule has 0 saturated carbocycles. The minimum absolute atomic E-state index is 0.448. The van der Waals surface area contributed by atoms with E-state index in [0.29, 0.717) is 6.42 Å². The second-order valence-corrected chi connectivity index (χ2v) is 5.18. The van der Waals surface area contributed by atoms with E-state index in [1.807, 2.05) is 0 Å². The van der Waals surface area contributed by atoms with Crippen LogP contribution < -0.4 is 11.5 Å². The predicted octanol–water partition coefficient (Wildman–Crippen LogP) is 0.942. The Balaban J connectivity index is 2.15. The summed E-state index contributed by atoms with van der Waals surface area (Å²) in [5, 5.41) is 0.776. The minimum atomic E-state index is -0.895. The molecule has 1 amide bonds. The maximum Gasteiger partial charge on any atom is 0.237 e. The van der Waals surface area contributed by atoms with Crippen LogP contribution in [0.3, 0.4) is 0 Å². The lowest BCUT2D eigenvalue weighted by Gasteiger charge is -2.19. The Morgan fingerprint density at radius 2 is 2.06 bits per heavy atom. The van der Waals surface area contributed by atoms with E-state index in [2.05, 4.69) is 9.97 Å². The molecule has 1 rings (SSSR count). The van der Waals surface area contributed by atoms with Gasteiger partial charge >= 0.3 is 0 Å². The topological polar surface area (TPSA) is 94.9 Å². The zero-order valence-corrected chi connectivity index (χ0v) is 10.7. The van der Waals surface area contributed by atoms with Gasteiger partial charge in [-0.05, 0) is 25.8 Å². The third-order valence-electron chi connectivity index (χ3n) is 2.43. The fourth-order valence-corrected chi connectivity index (χ4v) is 2.04. The second kappa shape index (κ2) is 6.56. The molecule has 1 unspecified atom stereocenters. The first-order chi connectivity index (χ1) is 8.02. The molecule has 4 N–H and O–H groups in total. The Bertz CT molecular complexity index is 356. The maximum absolute atomic E-state index is 11.0. The quantitative estimate of drug-likeness (QED) is 0.429. The molecule has 1 heterocycles. The number of rotatable bonds is 7. The zero-order valence-electron chi connectivity index (χ0n) is 9.93. The van der Waals surface area contributed by atoms with Crippen LogP contribution in [0, 0.1) is 0 Å². The number of primary amides is 1. The van der Waals surface area contributed by atoms with E-state index in [1.54, 1.807) is 37.1 Å². The van der Waals surface area contributed by atoms with E-state index >= 15 is 0 Å². The highest BCUT2D eigenvalue weighted by Crippen LogP contribution is 2.16. The minimum Gasteiger partial charge on any atom is -0.368 e. The Hall–Kier alpha value is -1.14. The summed E-state index contributed by atoms with van der Waals surface area (Å²) in [5.74, 6) is 0.468. The van der Waals surface area contributed by atoms with Crippen molar-refractivity contribution in [2.45, 2.75) is 36.9 Å². The van der Waals surface area contributed by atoms with Crippen molar-refractivity contribution in [3.05, 3.63) is 18.5 Å². The van der Waals surface area contributed by atoms with Crippen molar-refractivity contribution in [1.82, 2.24) is 9.97 Å². The molecule has 0 aliphatic heterocycles. The van der Waals surface area contributed by atoms with Crippen LogP contribution in [0.5, 0.6) is 0 Å². The highest BCUT2D eigenvalue weighted by molar-refractivity contribution is 7.99. The maximum atomic E-state index is 11.0. The van der Waals surface area contributed by atoms with Gasteiger partial charge in [-0.3, -0.25) is 4.79 Å². The SMILES string of the molecule is CC(N)(CCCCSc1ncccn1)C(N)=O. The van der Waals surface area contributed by atoms with Gasteiger partial charge in [0.05, 0.1) is 5.54 Å². The number of unbranched alkanes of at least 4 members (excludes halogenated alkanes) is 1. The van der Waals surface area contributed by atoms with Gasteiger partial charge in [-0.25, -0.2) is 9.97 Å². The lowest BCUT2D eigenvalue weighted by molar-refractivity contribution is -0.122. The normalized spacial score (nSPS) is 14.2. The van der Waals surface area contributed by atoms with Crippen LogP contribution in [0.15, 0.2) is 23.6 Å². The number of carbonyl (C=O) groups is 1. The Morgan fingerprint density at radius 1 is 1.41 bits per heavy atom. The molecule has 17 heavy (non-hydrogen) atoms. The van der Waals surface area contributed by atoms with Crippen molar-refractivity contribution in [2.24, 2.45) is 11.5 Å². The first-order valence-corrected chi connectivity index (χ1v) is 6.49. The zero-order chi connectivity index (χ0) is 12.7. The number of hydrogen-bond acceptors (Lipinski definition) is 5. The molecular formula is C11H18N4OS. The molecule has 1 aromatic heterocycles. The lowest BCUT2D eigenvalue weighted by atomic mass is 9.96. The number of aromatic nitrogens is 2. The van der Waals surface area contributed by atoms with Crippen LogP contribution in [-0.2, 0) is 4.79 Å². The summed E-state index contributed by atoms with van der Waals surface area (Å²) in [5.41, 5.74) is 10.0. The van der Waals surface area contributed by atoms with Crippen molar-refractivity contribution in [2.75, 3.05) is 5.75 Å². The van der Waals surface area contributed by atoms with Crippen molar-refractivity contribution in [1.29, 1.82) is 0 Å². The first-order valence-electron chi connectivity index (χ1n) is 5.51. The summed E-state index contributed by atoms with van der Waals surface area (Å²) in [7, 11) is 0. The van der Waals surface area contributed by atoms with Crippen LogP contribution in [0.25, 0.3) is 0 Å². The van der Waals surface area contributed by atoms with Crippen LogP contribution >= 0.6 is 11.8 Å². The Labute approximate surface area is 105 Å². The summed E-state index contributed by atoms with van der Waals surface area (Å²) in [4.78, 5) is 19.2. The molecule has 0 aromatic carbocycles. The molecule has 1 atom stereocenters. The van der Waals surface area contributed by atoms with Crippen LogP contribution in [0.4, 0.5) is 0 Å². The van der Waals surface area contributed by atoms with E-state index in [1.165, 1.54) is 0 Å². The molecular weight excluding hydrogens is 236 g/mol. The summed E-state index contributed by atoms with van der Waals surface area (Å²) in [6.45, 7) is 1.67. The molecule has 1 aromatic rings. The summed E-state index contributed by atoms with van der Waals surface area (Å²) in [6, 6.07) is 1.79. The van der Waals surface area contributed by atoms with Gasteiger partial charge in [0, 0.05) is 18.1 Å². The van der Waals surface area contributed by atoms with Gasteiger partial charge in [0.1, 0.15) is 0 Å². The van der Waals surface area contributed by atoms with Gasteiger partial charge in [-0.15, -0.1) is 0 Å². The molecule has 6 heteroatoms. The summed E-state index contributed by atoms with van der Waals surface area (Å²) < 4.78 is 0. The van der Waals surface area contributed by atoms with E-state index in [0.717, 1.165) is 23.8 Å². The van der Waals surface area contributed by atoms with E-state index in [4.69, 9.17) is 11.5 Å². The number of hydrogen-bond donors (Lipinski definition) is 2. The van der Waals surface area contributed by atoms with Gasteiger partial charge in [0.25, 0.3) is 0 Å². The molecule has 5 nitrogen and oxygen atoms in total. The van der Waals surface area contributed by atoms with Crippen molar-refractivity contribution in [3.8, 4) is 0 Å². The van der Waals surface area contributed by atoms with Gasteiger partial charge < -0.3 is 11.5 Å². The van der Waals surface area contributed by atoms with Gasteiger partial charge in [0.2, 0.25) is 5.91 Å². The monoisotopic (exact) mass is 254 g/mol. The number of carbonyl (C=O) groups excluding carboxylic acids is 1. The van der Waals surface area contributed by atoms with Crippen LogP contribution in [0.2, 0.25) is 0 Å². The average molecular weight is 254 g/mol. The highest BCUT2D eigenvalue weighted by atomic mass is 32.2. The fourth-order valence-electron chi connectivity index (χ4n) is 1.24. The third kappa shape index (κ3) is 5.14. The van der Waals surface area contributed by atoms with Crippen LogP contribution in [0.1, 0.15) is 26.2 Å². The molecule has 0 aliphatic carbocycles. The van der Waals surface area contributed by atoms with Gasteiger partial charge in [-0.2, -0.15) is 0 Å². The first kappa shape index (κ1) is 13.9. The van der Waals surface area contributed by atoms with Crippen molar-refractivity contribution in [3.63, 3.8) is 0 Å². The fraction of sp³-hybridized carbons (Fsp3) is 0.545. The number of nitrogens with two attached hydrogens (primary N) is 2. The number of nitrogens with zero attached hydrogens (tertiary/aromatic N) is 2. The van der Waals surface area contributed by atoms with Crippen molar-refractivity contribution < 1.29 is 4.79 Å². The predicted molar refractivity (Wildman–Crippen MR) is 68.4 cm³/mol. The third-order valence-corrected chi connectivity index (χ3v) is 3.39. The molecule has 0 saturated heterocycles. The summed E-state index contributed by atoms with van der Waals surface area (Å²) in [6.07, 6.45) is 5.88. The van der Waals surface area contributed by atoms with Gasteiger partial charge in [0.15, 0.2) is 5.16 Å². The summed E-state index contributed by atoms with van der Waals surface area (Å²) >= 11 is 1.60.